The highest BCUT2D eigenvalue weighted by atomic mass is 127. The number of nitrogens with zero attached hydrogens (tertiary/aromatic N) is 2. The Morgan fingerprint density at radius 2 is 1.81 bits per heavy atom. The van der Waals surface area contributed by atoms with E-state index in [9.17, 15) is 4.79 Å². The van der Waals surface area contributed by atoms with Gasteiger partial charge in [0.25, 0.3) is 0 Å². The third-order valence-corrected chi connectivity index (χ3v) is 9.00. The predicted molar refractivity (Wildman–Crippen MR) is 129 cm³/mol. The maximum atomic E-state index is 11.5. The molecule has 3 unspecified atom stereocenters. The van der Waals surface area contributed by atoms with Gasteiger partial charge < -0.3 is 15.2 Å². The van der Waals surface area contributed by atoms with Gasteiger partial charge in [0, 0.05) is 17.7 Å². The molecule has 4 fully saturated rings. The Bertz CT molecular complexity index is 856. The molecule has 0 radical (unpaired) electrons. The van der Waals surface area contributed by atoms with Crippen molar-refractivity contribution in [3.63, 3.8) is 0 Å². The number of primary amides is 1. The molecule has 7 heteroatoms. The summed E-state index contributed by atoms with van der Waals surface area (Å²) in [5.74, 6) is 0. The van der Waals surface area contributed by atoms with Gasteiger partial charge in [-0.3, -0.25) is 4.68 Å². The van der Waals surface area contributed by atoms with E-state index in [0.29, 0.717) is 6.61 Å². The molecule has 2 N–H and O–H groups in total. The fourth-order valence-corrected chi connectivity index (χ4v) is 8.31. The van der Waals surface area contributed by atoms with Crippen LogP contribution in [0.3, 0.4) is 0 Å². The Morgan fingerprint density at radius 1 is 1.19 bits per heavy atom. The lowest BCUT2D eigenvalue weighted by Gasteiger charge is -2.69. The van der Waals surface area contributed by atoms with Crippen LogP contribution in [0.15, 0.2) is 6.20 Å². The number of rotatable bonds is 6. The normalized spacial score (nSPS) is 37.8. The van der Waals surface area contributed by atoms with Crippen LogP contribution in [-0.2, 0) is 16.0 Å². The molecule has 4 aliphatic rings. The van der Waals surface area contributed by atoms with Crippen molar-refractivity contribution in [2.24, 2.45) is 27.4 Å². The standard InChI is InChI=1S/C24H38IN3O3/c1-16-17(25)7-27-28(16)15-23-10-21(5)9-22(6,11-23)13-24(12-21,14-23)30-8-18(20(2,3)4)31-19(26)29/h7,18H,8-15H2,1-6H3,(H2,26,29). The zero-order chi connectivity index (χ0) is 22.9. The summed E-state index contributed by atoms with van der Waals surface area (Å²) in [5, 5.41) is 4.70. The fourth-order valence-electron chi connectivity index (χ4n) is 7.91. The lowest BCUT2D eigenvalue weighted by molar-refractivity contribution is -0.256. The molecule has 6 nitrogen and oxygen atoms in total. The molecule has 1 heterocycles. The van der Waals surface area contributed by atoms with Crippen molar-refractivity contribution in [3.8, 4) is 0 Å². The van der Waals surface area contributed by atoms with E-state index in [1.165, 1.54) is 28.5 Å². The van der Waals surface area contributed by atoms with E-state index in [2.05, 4.69) is 68.8 Å². The van der Waals surface area contributed by atoms with Crippen LogP contribution in [-0.4, -0.2) is 34.2 Å². The minimum absolute atomic E-state index is 0.170. The van der Waals surface area contributed by atoms with E-state index < -0.39 is 6.09 Å². The summed E-state index contributed by atoms with van der Waals surface area (Å²) in [5.41, 5.74) is 6.97. The Morgan fingerprint density at radius 3 is 2.29 bits per heavy atom. The second-order valence-electron chi connectivity index (χ2n) is 12.7. The summed E-state index contributed by atoms with van der Waals surface area (Å²) in [6, 6.07) is 0. The molecule has 1 amide bonds. The topological polar surface area (TPSA) is 79.4 Å². The molecular weight excluding hydrogens is 505 g/mol. The van der Waals surface area contributed by atoms with Crippen LogP contribution in [0.4, 0.5) is 4.79 Å². The lowest BCUT2D eigenvalue weighted by Crippen LogP contribution is -2.64. The number of hydrogen-bond donors (Lipinski definition) is 1. The number of aromatic nitrogens is 2. The van der Waals surface area contributed by atoms with Crippen LogP contribution in [0.2, 0.25) is 0 Å². The second-order valence-corrected chi connectivity index (χ2v) is 13.9. The maximum absolute atomic E-state index is 11.5. The average Bonchev–Trinajstić information content (AvgIpc) is 2.85. The summed E-state index contributed by atoms with van der Waals surface area (Å²) in [7, 11) is 0. The van der Waals surface area contributed by atoms with E-state index in [1.54, 1.807) is 0 Å². The van der Waals surface area contributed by atoms with Gasteiger partial charge in [0.15, 0.2) is 0 Å². The molecule has 1 aromatic rings. The number of ether oxygens (including phenoxy) is 2. The zero-order valence-electron chi connectivity index (χ0n) is 19.9. The van der Waals surface area contributed by atoms with Gasteiger partial charge in [-0.05, 0) is 84.3 Å². The van der Waals surface area contributed by atoms with E-state index in [-0.39, 0.29) is 33.4 Å². The average molecular weight is 543 g/mol. The number of carbonyl (C=O) groups is 1. The highest BCUT2D eigenvalue weighted by molar-refractivity contribution is 14.1. The lowest BCUT2D eigenvalue weighted by atomic mass is 9.39. The van der Waals surface area contributed by atoms with Gasteiger partial charge in [-0.15, -0.1) is 0 Å². The Balaban J connectivity index is 1.61. The molecule has 0 spiro atoms. The summed E-state index contributed by atoms with van der Waals surface area (Å²) in [4.78, 5) is 11.5. The molecular formula is C24H38IN3O3. The Hall–Kier alpha value is -0.830. The van der Waals surface area contributed by atoms with Crippen molar-refractivity contribution in [1.29, 1.82) is 0 Å². The number of halogens is 1. The number of nitrogens with two attached hydrogens (primary N) is 1. The van der Waals surface area contributed by atoms with Crippen molar-refractivity contribution < 1.29 is 14.3 Å². The maximum Gasteiger partial charge on any atom is 0.404 e. The molecule has 4 aliphatic carbocycles. The van der Waals surface area contributed by atoms with Crippen molar-refractivity contribution in [1.82, 2.24) is 9.78 Å². The van der Waals surface area contributed by atoms with Gasteiger partial charge in [-0.25, -0.2) is 4.79 Å². The predicted octanol–water partition coefficient (Wildman–Crippen LogP) is 5.44. The number of amides is 1. The fraction of sp³-hybridized carbons (Fsp3) is 0.833. The highest BCUT2D eigenvalue weighted by Gasteiger charge is 2.66. The van der Waals surface area contributed by atoms with Gasteiger partial charge in [-0.1, -0.05) is 34.6 Å². The summed E-state index contributed by atoms with van der Waals surface area (Å²) < 4.78 is 15.7. The molecule has 0 aliphatic heterocycles. The van der Waals surface area contributed by atoms with Gasteiger partial charge in [-0.2, -0.15) is 5.10 Å². The van der Waals surface area contributed by atoms with Crippen LogP contribution in [0, 0.1) is 32.2 Å². The minimum atomic E-state index is -0.729. The first-order chi connectivity index (χ1) is 14.2. The molecule has 5 rings (SSSR count). The van der Waals surface area contributed by atoms with Crippen molar-refractivity contribution in [2.75, 3.05) is 6.61 Å². The van der Waals surface area contributed by atoms with Crippen LogP contribution in [0.1, 0.15) is 78.8 Å². The van der Waals surface area contributed by atoms with E-state index in [0.717, 1.165) is 25.8 Å². The minimum Gasteiger partial charge on any atom is -0.443 e. The van der Waals surface area contributed by atoms with Gasteiger partial charge in [0.05, 0.1) is 22.0 Å². The van der Waals surface area contributed by atoms with E-state index in [1.807, 2.05) is 6.20 Å². The molecule has 0 saturated heterocycles. The first-order valence-electron chi connectivity index (χ1n) is 11.4. The molecule has 31 heavy (non-hydrogen) atoms. The zero-order valence-corrected chi connectivity index (χ0v) is 22.0. The summed E-state index contributed by atoms with van der Waals surface area (Å²) >= 11 is 2.37. The van der Waals surface area contributed by atoms with Gasteiger partial charge in [0.1, 0.15) is 6.10 Å². The van der Waals surface area contributed by atoms with Crippen molar-refractivity contribution in [2.45, 2.75) is 98.3 Å². The summed E-state index contributed by atoms with van der Waals surface area (Å²) in [6.07, 6.45) is 7.84. The smallest absolute Gasteiger partial charge is 0.404 e. The second kappa shape index (κ2) is 7.34. The Kier molecular flexibility index (Phi) is 5.52. The molecule has 3 atom stereocenters. The third-order valence-electron chi connectivity index (χ3n) is 7.95. The van der Waals surface area contributed by atoms with Crippen LogP contribution >= 0.6 is 22.6 Å². The first-order valence-corrected chi connectivity index (χ1v) is 12.5. The monoisotopic (exact) mass is 543 g/mol. The molecule has 4 bridgehead atoms. The Labute approximate surface area is 200 Å². The van der Waals surface area contributed by atoms with Crippen molar-refractivity contribution >= 4 is 28.7 Å². The number of hydrogen-bond acceptors (Lipinski definition) is 4. The quantitative estimate of drug-likeness (QED) is 0.485. The SMILES string of the molecule is Cc1c(I)cnn1CC12CC3(C)CC(C)(C1)CC(OCC(OC(N)=O)C(C)(C)C)(C3)C2. The van der Waals surface area contributed by atoms with Crippen LogP contribution < -0.4 is 5.73 Å². The summed E-state index contributed by atoms with van der Waals surface area (Å²) in [6.45, 7) is 14.6. The first kappa shape index (κ1) is 23.3. The van der Waals surface area contributed by atoms with E-state index >= 15 is 0 Å². The molecule has 174 valence electrons. The number of carbonyl (C=O) groups excluding carboxylic acids is 1. The molecule has 0 aromatic carbocycles. The highest BCUT2D eigenvalue weighted by Crippen LogP contribution is 2.72. The van der Waals surface area contributed by atoms with Crippen molar-refractivity contribution in [3.05, 3.63) is 15.5 Å². The molecule has 4 saturated carbocycles. The van der Waals surface area contributed by atoms with Crippen LogP contribution in [0.5, 0.6) is 0 Å². The van der Waals surface area contributed by atoms with E-state index in [4.69, 9.17) is 20.3 Å². The van der Waals surface area contributed by atoms with Gasteiger partial charge in [0.2, 0.25) is 0 Å². The van der Waals surface area contributed by atoms with Gasteiger partial charge >= 0.3 is 6.09 Å². The largest absolute Gasteiger partial charge is 0.443 e. The third kappa shape index (κ3) is 4.50. The van der Waals surface area contributed by atoms with Crippen LogP contribution in [0.25, 0.3) is 0 Å². The molecule has 1 aromatic heterocycles.